The average Bonchev–Trinajstić information content (AvgIpc) is 2.52. The van der Waals surface area contributed by atoms with Crippen LogP contribution < -0.4 is 11.3 Å². The van der Waals surface area contributed by atoms with Crippen LogP contribution in [0.4, 0.5) is 4.39 Å². The molecule has 21 heavy (non-hydrogen) atoms. The van der Waals surface area contributed by atoms with Gasteiger partial charge in [0.2, 0.25) is 0 Å². The van der Waals surface area contributed by atoms with Gasteiger partial charge in [0.05, 0.1) is 18.1 Å². The molecule has 0 amide bonds. The van der Waals surface area contributed by atoms with Gasteiger partial charge >= 0.3 is 0 Å². The lowest BCUT2D eigenvalue weighted by Gasteiger charge is -2.08. The molecule has 0 saturated heterocycles. The van der Waals surface area contributed by atoms with Crippen LogP contribution >= 0.6 is 0 Å². The molecule has 0 aliphatic rings. The van der Waals surface area contributed by atoms with Crippen LogP contribution in [0.5, 0.6) is 0 Å². The third-order valence-electron chi connectivity index (χ3n) is 3.42. The van der Waals surface area contributed by atoms with E-state index in [1.54, 1.807) is 24.4 Å². The molecule has 0 atom stereocenters. The van der Waals surface area contributed by atoms with E-state index in [9.17, 15) is 9.18 Å². The molecule has 0 saturated carbocycles. The van der Waals surface area contributed by atoms with E-state index in [-0.39, 0.29) is 24.5 Å². The molecule has 0 unspecified atom stereocenters. The normalized spacial score (nSPS) is 11.0. The lowest BCUT2D eigenvalue weighted by Crippen LogP contribution is -2.23. The third kappa shape index (κ3) is 2.55. The lowest BCUT2D eigenvalue weighted by atomic mass is 10.1. The summed E-state index contributed by atoms with van der Waals surface area (Å²) in [5, 5.41) is 5.58. The molecule has 3 aromatic rings. The van der Waals surface area contributed by atoms with Gasteiger partial charge in [-0.3, -0.25) is 4.79 Å². The van der Waals surface area contributed by atoms with E-state index in [2.05, 4.69) is 5.10 Å². The Balaban J connectivity index is 2.02. The molecule has 1 aromatic heterocycles. The van der Waals surface area contributed by atoms with Crippen molar-refractivity contribution >= 4 is 10.8 Å². The van der Waals surface area contributed by atoms with E-state index in [0.717, 1.165) is 10.9 Å². The number of rotatable bonds is 3. The Morgan fingerprint density at radius 2 is 2.00 bits per heavy atom. The average molecular weight is 283 g/mol. The number of halogens is 1. The minimum atomic E-state index is -0.333. The highest BCUT2D eigenvalue weighted by Gasteiger charge is 2.06. The zero-order valence-electron chi connectivity index (χ0n) is 11.3. The van der Waals surface area contributed by atoms with Gasteiger partial charge in [-0.1, -0.05) is 24.3 Å². The summed E-state index contributed by atoms with van der Waals surface area (Å²) in [6, 6.07) is 12.0. The van der Waals surface area contributed by atoms with Crippen LogP contribution in [0.25, 0.3) is 10.8 Å². The molecular weight excluding hydrogens is 269 g/mol. The second-order valence-corrected chi connectivity index (χ2v) is 4.82. The molecule has 5 heteroatoms. The Bertz CT molecular complexity index is 858. The van der Waals surface area contributed by atoms with E-state index < -0.39 is 0 Å². The second-order valence-electron chi connectivity index (χ2n) is 4.82. The van der Waals surface area contributed by atoms with Gasteiger partial charge in [-0.2, -0.15) is 5.10 Å². The fraction of sp³-hybridized carbons (Fsp3) is 0.125. The molecule has 0 bridgehead atoms. The molecule has 3 rings (SSSR count). The quantitative estimate of drug-likeness (QED) is 0.800. The van der Waals surface area contributed by atoms with Crippen molar-refractivity contribution in [1.82, 2.24) is 9.78 Å². The Morgan fingerprint density at radius 3 is 2.81 bits per heavy atom. The van der Waals surface area contributed by atoms with Crippen molar-refractivity contribution in [2.45, 2.75) is 13.1 Å². The molecule has 2 aromatic carbocycles. The summed E-state index contributed by atoms with van der Waals surface area (Å²) in [6.45, 7) is 0.413. The molecule has 106 valence electrons. The molecule has 0 radical (unpaired) electrons. The van der Waals surface area contributed by atoms with Gasteiger partial charge in [-0.05, 0) is 23.8 Å². The smallest absolute Gasteiger partial charge is 0.274 e. The van der Waals surface area contributed by atoms with Crippen molar-refractivity contribution in [3.8, 4) is 0 Å². The van der Waals surface area contributed by atoms with E-state index in [1.165, 1.54) is 10.7 Å². The monoisotopic (exact) mass is 283 g/mol. The molecule has 0 aliphatic carbocycles. The highest BCUT2D eigenvalue weighted by molar-refractivity contribution is 5.80. The molecule has 2 N–H and O–H groups in total. The summed E-state index contributed by atoms with van der Waals surface area (Å²) >= 11 is 0. The summed E-state index contributed by atoms with van der Waals surface area (Å²) in [5.74, 6) is -0.333. The first kappa shape index (κ1) is 13.5. The van der Waals surface area contributed by atoms with Crippen LogP contribution in [-0.2, 0) is 13.1 Å². The molecule has 4 nitrogen and oxygen atoms in total. The van der Waals surface area contributed by atoms with Gasteiger partial charge in [0.1, 0.15) is 5.82 Å². The van der Waals surface area contributed by atoms with E-state index >= 15 is 0 Å². The van der Waals surface area contributed by atoms with Gasteiger partial charge < -0.3 is 5.73 Å². The second kappa shape index (κ2) is 5.46. The fourth-order valence-electron chi connectivity index (χ4n) is 2.30. The Morgan fingerprint density at radius 1 is 1.19 bits per heavy atom. The molecule has 0 spiro atoms. The number of nitrogens with zero attached hydrogens (tertiary/aromatic N) is 2. The lowest BCUT2D eigenvalue weighted by molar-refractivity contribution is 0.604. The van der Waals surface area contributed by atoms with Crippen molar-refractivity contribution in [2.24, 2.45) is 5.73 Å². The Hall–Kier alpha value is -2.53. The molecule has 0 aliphatic heterocycles. The van der Waals surface area contributed by atoms with Crippen LogP contribution in [0.2, 0.25) is 0 Å². The summed E-state index contributed by atoms with van der Waals surface area (Å²) in [6.07, 6.45) is 1.66. The van der Waals surface area contributed by atoms with Crippen molar-refractivity contribution in [2.75, 3.05) is 0 Å². The maximum absolute atomic E-state index is 13.4. The minimum absolute atomic E-state index is 0.125. The zero-order valence-corrected chi connectivity index (χ0v) is 11.3. The molecular formula is C16H14FN3O. The fourth-order valence-corrected chi connectivity index (χ4v) is 2.30. The standard InChI is InChI=1S/C16H14FN3O/c17-15-6-5-11(7-13(15)8-18)10-20-16(21)14-4-2-1-3-12(14)9-19-20/h1-7,9H,8,10,18H2. The first-order valence-corrected chi connectivity index (χ1v) is 6.61. The van der Waals surface area contributed by atoms with Crippen LogP contribution in [0.3, 0.4) is 0 Å². The summed E-state index contributed by atoms with van der Waals surface area (Å²) in [7, 11) is 0. The first-order chi connectivity index (χ1) is 10.2. The third-order valence-corrected chi connectivity index (χ3v) is 3.42. The maximum Gasteiger partial charge on any atom is 0.274 e. The Labute approximate surface area is 120 Å². The first-order valence-electron chi connectivity index (χ1n) is 6.61. The van der Waals surface area contributed by atoms with Gasteiger partial charge in [-0.25, -0.2) is 9.07 Å². The molecule has 0 fully saturated rings. The summed E-state index contributed by atoms with van der Waals surface area (Å²) in [5.41, 5.74) is 6.56. The van der Waals surface area contributed by atoms with Crippen molar-refractivity contribution in [1.29, 1.82) is 0 Å². The van der Waals surface area contributed by atoms with Crippen LogP contribution in [0.15, 0.2) is 53.5 Å². The van der Waals surface area contributed by atoms with Crippen LogP contribution in [0, 0.1) is 5.82 Å². The summed E-state index contributed by atoms with van der Waals surface area (Å²) in [4.78, 5) is 12.4. The topological polar surface area (TPSA) is 60.9 Å². The summed E-state index contributed by atoms with van der Waals surface area (Å²) < 4.78 is 14.8. The number of nitrogens with two attached hydrogens (primary N) is 1. The van der Waals surface area contributed by atoms with Gasteiger partial charge in [0, 0.05) is 17.5 Å². The highest BCUT2D eigenvalue weighted by Crippen LogP contribution is 2.11. The van der Waals surface area contributed by atoms with Crippen molar-refractivity contribution < 1.29 is 4.39 Å². The van der Waals surface area contributed by atoms with E-state index in [4.69, 9.17) is 5.73 Å². The van der Waals surface area contributed by atoms with E-state index in [1.807, 2.05) is 18.2 Å². The van der Waals surface area contributed by atoms with Gasteiger partial charge in [-0.15, -0.1) is 0 Å². The van der Waals surface area contributed by atoms with Crippen molar-refractivity contribution in [3.63, 3.8) is 0 Å². The van der Waals surface area contributed by atoms with Crippen LogP contribution in [0.1, 0.15) is 11.1 Å². The van der Waals surface area contributed by atoms with Crippen LogP contribution in [-0.4, -0.2) is 9.78 Å². The van der Waals surface area contributed by atoms with Crippen molar-refractivity contribution in [3.05, 3.63) is 76.0 Å². The number of hydrogen-bond acceptors (Lipinski definition) is 3. The zero-order chi connectivity index (χ0) is 14.8. The maximum atomic E-state index is 13.4. The number of hydrogen-bond donors (Lipinski definition) is 1. The van der Waals surface area contributed by atoms with E-state index in [0.29, 0.717) is 10.9 Å². The SMILES string of the molecule is NCc1cc(Cn2ncc3ccccc3c2=O)ccc1F. The highest BCUT2D eigenvalue weighted by atomic mass is 19.1. The Kier molecular flexibility index (Phi) is 3.50. The van der Waals surface area contributed by atoms with Gasteiger partial charge in [0.15, 0.2) is 0 Å². The predicted molar refractivity (Wildman–Crippen MR) is 79.4 cm³/mol. The number of fused-ring (bicyclic) bond motifs is 1. The predicted octanol–water partition coefficient (Wildman–Crippen LogP) is 2.04. The number of benzene rings is 2. The minimum Gasteiger partial charge on any atom is -0.326 e. The molecule has 1 heterocycles. The largest absolute Gasteiger partial charge is 0.326 e. The number of aromatic nitrogens is 2. The van der Waals surface area contributed by atoms with Gasteiger partial charge in [0.25, 0.3) is 5.56 Å².